The van der Waals surface area contributed by atoms with Gasteiger partial charge in [-0.15, -0.1) is 0 Å². The molecule has 0 amide bonds. The minimum Gasteiger partial charge on any atom is -0.497 e. The molecule has 2 heterocycles. The summed E-state index contributed by atoms with van der Waals surface area (Å²) in [5, 5.41) is 4.54. The third-order valence-electron chi connectivity index (χ3n) is 5.52. The van der Waals surface area contributed by atoms with E-state index >= 15 is 0 Å². The van der Waals surface area contributed by atoms with Crippen LogP contribution in [0.15, 0.2) is 82.6 Å². The molecule has 6 nitrogen and oxygen atoms in total. The van der Waals surface area contributed by atoms with E-state index in [-0.39, 0.29) is 5.56 Å². The predicted molar refractivity (Wildman–Crippen MR) is 139 cm³/mol. The molecule has 0 aliphatic rings. The second-order valence-corrected chi connectivity index (χ2v) is 9.17. The van der Waals surface area contributed by atoms with Crippen molar-refractivity contribution < 1.29 is 4.74 Å². The minimum atomic E-state index is -0.192. The van der Waals surface area contributed by atoms with Crippen molar-refractivity contribution in [2.45, 2.75) is 13.5 Å². The number of thiazole rings is 1. The molecule has 0 saturated heterocycles. The van der Waals surface area contributed by atoms with Gasteiger partial charge in [0, 0.05) is 16.3 Å². The highest BCUT2D eigenvalue weighted by Crippen LogP contribution is 2.27. The van der Waals surface area contributed by atoms with Crippen LogP contribution >= 0.6 is 22.9 Å². The second-order valence-electron chi connectivity index (χ2n) is 7.72. The molecule has 5 rings (SSSR count). The van der Waals surface area contributed by atoms with Crippen molar-refractivity contribution in [1.29, 1.82) is 0 Å². The van der Waals surface area contributed by atoms with Crippen LogP contribution in [-0.2, 0) is 6.54 Å². The highest BCUT2D eigenvalue weighted by molar-refractivity contribution is 7.20. The fourth-order valence-corrected chi connectivity index (χ4v) is 4.76. The quantitative estimate of drug-likeness (QED) is 0.293. The summed E-state index contributed by atoms with van der Waals surface area (Å²) < 4.78 is 7.81. The van der Waals surface area contributed by atoms with Crippen LogP contribution < -0.4 is 10.3 Å². The number of hydrogen-bond acceptors (Lipinski definition) is 5. The number of hydrogen-bond donors (Lipinski definition) is 1. The van der Waals surface area contributed by atoms with E-state index in [0.717, 1.165) is 27.1 Å². The molecule has 0 saturated carbocycles. The van der Waals surface area contributed by atoms with Crippen molar-refractivity contribution in [3.05, 3.63) is 99.3 Å². The number of ether oxygens (including phenoxy) is 1. The first-order chi connectivity index (χ1) is 16.5. The Morgan fingerprint density at radius 1 is 1.09 bits per heavy atom. The van der Waals surface area contributed by atoms with Gasteiger partial charge in [0.2, 0.25) is 5.13 Å². The highest BCUT2D eigenvalue weighted by Gasteiger charge is 2.21. The van der Waals surface area contributed by atoms with Crippen molar-refractivity contribution in [3.63, 3.8) is 0 Å². The van der Waals surface area contributed by atoms with Crippen molar-refractivity contribution in [1.82, 2.24) is 14.8 Å². The number of nitrogens with zero attached hydrogens (tertiary/aromatic N) is 3. The molecule has 1 N–H and O–H groups in total. The zero-order chi connectivity index (χ0) is 23.7. The Hall–Kier alpha value is -3.68. The van der Waals surface area contributed by atoms with Crippen LogP contribution in [0.4, 0.5) is 0 Å². The van der Waals surface area contributed by atoms with E-state index < -0.39 is 0 Å². The van der Waals surface area contributed by atoms with Crippen molar-refractivity contribution in [3.8, 4) is 22.1 Å². The van der Waals surface area contributed by atoms with E-state index in [0.29, 0.717) is 33.7 Å². The van der Waals surface area contributed by atoms with Gasteiger partial charge in [0.05, 0.1) is 35.1 Å². The Morgan fingerprint density at radius 2 is 1.82 bits per heavy atom. The van der Waals surface area contributed by atoms with Crippen LogP contribution in [0.1, 0.15) is 18.1 Å². The number of halogens is 1. The highest BCUT2D eigenvalue weighted by atomic mass is 35.5. The number of aromatic amines is 1. The summed E-state index contributed by atoms with van der Waals surface area (Å²) in [6.45, 7) is 2.30. The van der Waals surface area contributed by atoms with Gasteiger partial charge in [-0.05, 0) is 61.0 Å². The lowest BCUT2D eigenvalue weighted by Crippen LogP contribution is -2.19. The first kappa shape index (κ1) is 22.1. The monoisotopic (exact) mass is 488 g/mol. The molecule has 3 aromatic carbocycles. The summed E-state index contributed by atoms with van der Waals surface area (Å²) >= 11 is 7.45. The van der Waals surface area contributed by atoms with Gasteiger partial charge in [-0.2, -0.15) is 4.68 Å². The van der Waals surface area contributed by atoms with Gasteiger partial charge in [-0.1, -0.05) is 47.2 Å². The summed E-state index contributed by atoms with van der Waals surface area (Å²) in [6.07, 6.45) is 0. The van der Waals surface area contributed by atoms with Crippen LogP contribution in [-0.4, -0.2) is 27.6 Å². The Morgan fingerprint density at radius 3 is 2.53 bits per heavy atom. The Labute approximate surface area is 205 Å². The van der Waals surface area contributed by atoms with E-state index in [2.05, 4.69) is 10.1 Å². The molecule has 5 aromatic rings. The number of aromatic nitrogens is 3. The molecule has 34 heavy (non-hydrogen) atoms. The lowest BCUT2D eigenvalue weighted by molar-refractivity contribution is 0.415. The van der Waals surface area contributed by atoms with Gasteiger partial charge < -0.3 is 4.74 Å². The summed E-state index contributed by atoms with van der Waals surface area (Å²) in [4.78, 5) is 23.0. The molecule has 0 radical (unpaired) electrons. The van der Waals surface area contributed by atoms with Gasteiger partial charge in [0.25, 0.3) is 5.56 Å². The van der Waals surface area contributed by atoms with E-state index in [9.17, 15) is 4.79 Å². The van der Waals surface area contributed by atoms with Crippen molar-refractivity contribution >= 4 is 38.9 Å². The van der Waals surface area contributed by atoms with E-state index in [1.165, 1.54) is 16.0 Å². The summed E-state index contributed by atoms with van der Waals surface area (Å²) in [7, 11) is 1.62. The lowest BCUT2D eigenvalue weighted by atomic mass is 10.0. The van der Waals surface area contributed by atoms with Crippen LogP contribution in [0.3, 0.4) is 0 Å². The largest absolute Gasteiger partial charge is 0.497 e. The Balaban J connectivity index is 1.62. The van der Waals surface area contributed by atoms with Crippen molar-refractivity contribution in [2.75, 3.05) is 7.11 Å². The third kappa shape index (κ3) is 4.27. The van der Waals surface area contributed by atoms with E-state index in [1.54, 1.807) is 7.11 Å². The molecule has 0 fully saturated rings. The second kappa shape index (κ2) is 9.29. The molecule has 2 aromatic heterocycles. The standard InChI is InChI=1S/C26H21ClN4O2S/c1-16(28-15-17-7-11-19(27)12-8-17)23-24(18-9-13-20(33-2)14-10-18)30-31(25(23)32)26-29-21-5-3-4-6-22(21)34-26/h3-14,30H,15H2,1-2H3. The lowest BCUT2D eigenvalue weighted by Gasteiger charge is -2.05. The number of fused-ring (bicyclic) bond motifs is 1. The maximum absolute atomic E-state index is 13.6. The van der Waals surface area contributed by atoms with Crippen LogP contribution in [0.25, 0.3) is 26.6 Å². The maximum atomic E-state index is 13.6. The molecular formula is C26H21ClN4O2S. The van der Waals surface area contributed by atoms with Gasteiger partial charge in [0.1, 0.15) is 5.75 Å². The number of para-hydroxylation sites is 1. The van der Waals surface area contributed by atoms with Gasteiger partial charge in [-0.3, -0.25) is 14.9 Å². The zero-order valence-electron chi connectivity index (χ0n) is 18.6. The molecule has 0 aliphatic carbocycles. The fraction of sp³-hybridized carbons (Fsp3) is 0.115. The number of methoxy groups -OCH3 is 1. The average Bonchev–Trinajstić information content (AvgIpc) is 3.44. The predicted octanol–water partition coefficient (Wildman–Crippen LogP) is 6.11. The van der Waals surface area contributed by atoms with Crippen molar-refractivity contribution in [2.24, 2.45) is 4.99 Å². The third-order valence-corrected chi connectivity index (χ3v) is 6.79. The number of H-pyrrole nitrogens is 1. The molecule has 0 atom stereocenters. The van der Waals surface area contributed by atoms with E-state index in [4.69, 9.17) is 21.3 Å². The summed E-state index contributed by atoms with van der Waals surface area (Å²) in [5.74, 6) is 0.742. The number of rotatable bonds is 6. The van der Waals surface area contributed by atoms with Gasteiger partial charge >= 0.3 is 0 Å². The van der Waals surface area contributed by atoms with Crippen LogP contribution in [0.2, 0.25) is 5.02 Å². The molecule has 0 spiro atoms. The SMILES string of the molecule is COc1ccc(-c2[nH]n(-c3nc4ccccc4s3)c(=O)c2C(C)=NCc2ccc(Cl)cc2)cc1. The zero-order valence-corrected chi connectivity index (χ0v) is 20.2. The number of aliphatic imine (C=N–C) groups is 1. The molecule has 0 bridgehead atoms. The molecule has 170 valence electrons. The first-order valence-corrected chi connectivity index (χ1v) is 11.8. The molecule has 0 unspecified atom stereocenters. The van der Waals surface area contributed by atoms with Gasteiger partial charge in [0.15, 0.2) is 0 Å². The molecule has 0 aliphatic heterocycles. The van der Waals surface area contributed by atoms with Crippen LogP contribution in [0.5, 0.6) is 5.75 Å². The molecule has 8 heteroatoms. The smallest absolute Gasteiger partial charge is 0.283 e. The maximum Gasteiger partial charge on any atom is 0.283 e. The topological polar surface area (TPSA) is 72.3 Å². The minimum absolute atomic E-state index is 0.192. The Kier molecular flexibility index (Phi) is 6.04. The number of nitrogens with one attached hydrogen (secondary N) is 1. The normalized spacial score (nSPS) is 11.8. The summed E-state index contributed by atoms with van der Waals surface area (Å²) in [5.41, 5.74) is 4.36. The van der Waals surface area contributed by atoms with E-state index in [1.807, 2.05) is 79.7 Å². The average molecular weight is 489 g/mol. The first-order valence-electron chi connectivity index (χ1n) is 10.6. The van der Waals surface area contributed by atoms with Crippen LogP contribution in [0, 0.1) is 0 Å². The fourth-order valence-electron chi connectivity index (χ4n) is 3.71. The number of benzene rings is 3. The van der Waals surface area contributed by atoms with Gasteiger partial charge in [-0.25, -0.2) is 4.98 Å². The summed E-state index contributed by atoms with van der Waals surface area (Å²) in [6, 6.07) is 22.9. The Bertz CT molecular complexity index is 1510. The molecular weight excluding hydrogens is 468 g/mol.